The minimum Gasteiger partial charge on any atom is -0.378 e. The molecule has 0 spiro atoms. The zero-order valence-corrected chi connectivity index (χ0v) is 12.1. The fourth-order valence-corrected chi connectivity index (χ4v) is 2.29. The molecular formula is C15H11BrFN3. The van der Waals surface area contributed by atoms with Crippen molar-refractivity contribution in [2.45, 2.75) is 6.54 Å². The van der Waals surface area contributed by atoms with Crippen molar-refractivity contribution in [1.82, 2.24) is 9.97 Å². The Morgan fingerprint density at radius 3 is 2.75 bits per heavy atom. The highest BCUT2D eigenvalue weighted by Gasteiger charge is 2.03. The van der Waals surface area contributed by atoms with Crippen LogP contribution in [0, 0.1) is 5.82 Å². The van der Waals surface area contributed by atoms with Gasteiger partial charge in [0.15, 0.2) is 0 Å². The lowest BCUT2D eigenvalue weighted by Gasteiger charge is -2.08. The van der Waals surface area contributed by atoms with Gasteiger partial charge in [0, 0.05) is 4.47 Å². The predicted molar refractivity (Wildman–Crippen MR) is 81.0 cm³/mol. The highest BCUT2D eigenvalue weighted by Crippen LogP contribution is 2.23. The molecule has 20 heavy (non-hydrogen) atoms. The summed E-state index contributed by atoms with van der Waals surface area (Å²) in [6, 6.07) is 12.2. The molecule has 0 bridgehead atoms. The van der Waals surface area contributed by atoms with Crippen molar-refractivity contribution in [3.05, 3.63) is 64.6 Å². The average molecular weight is 332 g/mol. The molecule has 5 heteroatoms. The molecule has 1 N–H and O–H groups in total. The van der Waals surface area contributed by atoms with Gasteiger partial charge in [-0.15, -0.1) is 0 Å². The summed E-state index contributed by atoms with van der Waals surface area (Å²) in [5.41, 5.74) is 3.22. The Morgan fingerprint density at radius 2 is 1.90 bits per heavy atom. The van der Waals surface area contributed by atoms with Gasteiger partial charge in [0.05, 0.1) is 35.2 Å². The quantitative estimate of drug-likeness (QED) is 0.783. The van der Waals surface area contributed by atoms with E-state index >= 15 is 0 Å². The second kappa shape index (κ2) is 5.54. The van der Waals surface area contributed by atoms with Crippen LogP contribution in [0.2, 0.25) is 0 Å². The predicted octanol–water partition coefficient (Wildman–Crippen LogP) is 4.14. The third kappa shape index (κ3) is 2.77. The monoisotopic (exact) mass is 331 g/mol. The molecule has 0 aliphatic rings. The van der Waals surface area contributed by atoms with Crippen LogP contribution < -0.4 is 5.32 Å². The fourth-order valence-electron chi connectivity index (χ4n) is 1.90. The molecule has 0 unspecified atom stereocenters. The number of para-hydroxylation sites is 2. The second-order valence-electron chi connectivity index (χ2n) is 4.33. The van der Waals surface area contributed by atoms with E-state index in [1.54, 1.807) is 12.3 Å². The van der Waals surface area contributed by atoms with Crippen LogP contribution in [0.1, 0.15) is 5.69 Å². The van der Waals surface area contributed by atoms with E-state index in [1.807, 2.05) is 24.3 Å². The molecule has 3 aromatic rings. The Balaban J connectivity index is 1.81. The van der Waals surface area contributed by atoms with Gasteiger partial charge in [0.1, 0.15) is 5.82 Å². The molecule has 1 aromatic heterocycles. The minimum atomic E-state index is -0.278. The van der Waals surface area contributed by atoms with Crippen LogP contribution >= 0.6 is 15.9 Å². The molecule has 1 heterocycles. The molecule has 3 rings (SSSR count). The Kier molecular flexibility index (Phi) is 3.60. The summed E-state index contributed by atoms with van der Waals surface area (Å²) < 4.78 is 14.0. The van der Waals surface area contributed by atoms with Crippen molar-refractivity contribution < 1.29 is 4.39 Å². The SMILES string of the molecule is Fc1ccc(Br)c(NCc2cnc3ccccc3n2)c1. The molecule has 0 atom stereocenters. The summed E-state index contributed by atoms with van der Waals surface area (Å²) >= 11 is 3.38. The molecule has 0 amide bonds. The maximum absolute atomic E-state index is 13.2. The number of nitrogens with one attached hydrogen (secondary N) is 1. The first kappa shape index (κ1) is 13.0. The Hall–Kier alpha value is -2.01. The van der Waals surface area contributed by atoms with Crippen LogP contribution in [0.5, 0.6) is 0 Å². The van der Waals surface area contributed by atoms with E-state index in [4.69, 9.17) is 0 Å². The number of hydrogen-bond acceptors (Lipinski definition) is 3. The van der Waals surface area contributed by atoms with Crippen molar-refractivity contribution in [2.24, 2.45) is 0 Å². The number of aromatic nitrogens is 2. The zero-order valence-electron chi connectivity index (χ0n) is 10.5. The molecule has 0 saturated heterocycles. The number of fused-ring (bicyclic) bond motifs is 1. The van der Waals surface area contributed by atoms with Crippen molar-refractivity contribution >= 4 is 32.7 Å². The topological polar surface area (TPSA) is 37.8 Å². The van der Waals surface area contributed by atoms with Gasteiger partial charge in [-0.2, -0.15) is 0 Å². The molecule has 0 aliphatic carbocycles. The van der Waals surface area contributed by atoms with E-state index in [2.05, 4.69) is 31.2 Å². The highest BCUT2D eigenvalue weighted by atomic mass is 79.9. The molecule has 0 aliphatic heterocycles. The van der Waals surface area contributed by atoms with Gasteiger partial charge in [-0.3, -0.25) is 4.98 Å². The van der Waals surface area contributed by atoms with Gasteiger partial charge < -0.3 is 5.32 Å². The molecule has 0 radical (unpaired) electrons. The van der Waals surface area contributed by atoms with Crippen LogP contribution in [-0.4, -0.2) is 9.97 Å². The zero-order chi connectivity index (χ0) is 13.9. The summed E-state index contributed by atoms with van der Waals surface area (Å²) in [6.07, 6.45) is 1.72. The smallest absolute Gasteiger partial charge is 0.125 e. The van der Waals surface area contributed by atoms with Crippen molar-refractivity contribution in [3.8, 4) is 0 Å². The van der Waals surface area contributed by atoms with Gasteiger partial charge in [0.25, 0.3) is 0 Å². The Labute approximate surface area is 124 Å². The number of anilines is 1. The number of rotatable bonds is 3. The van der Waals surface area contributed by atoms with E-state index in [0.717, 1.165) is 21.2 Å². The normalized spacial score (nSPS) is 10.7. The first-order valence-corrected chi connectivity index (χ1v) is 6.91. The summed E-state index contributed by atoms with van der Waals surface area (Å²) in [6.45, 7) is 0.486. The van der Waals surface area contributed by atoms with Gasteiger partial charge in [-0.05, 0) is 46.3 Å². The van der Waals surface area contributed by atoms with Crippen molar-refractivity contribution in [3.63, 3.8) is 0 Å². The summed E-state index contributed by atoms with van der Waals surface area (Å²) in [7, 11) is 0. The first-order valence-electron chi connectivity index (χ1n) is 6.12. The van der Waals surface area contributed by atoms with E-state index < -0.39 is 0 Å². The number of halogens is 2. The van der Waals surface area contributed by atoms with Gasteiger partial charge in [0.2, 0.25) is 0 Å². The fraction of sp³-hybridized carbons (Fsp3) is 0.0667. The van der Waals surface area contributed by atoms with Crippen LogP contribution in [0.15, 0.2) is 53.1 Å². The molecule has 3 nitrogen and oxygen atoms in total. The molecule has 100 valence electrons. The lowest BCUT2D eigenvalue weighted by atomic mass is 10.3. The Morgan fingerprint density at radius 1 is 1.10 bits per heavy atom. The number of nitrogens with zero attached hydrogens (tertiary/aromatic N) is 2. The minimum absolute atomic E-state index is 0.278. The summed E-state index contributed by atoms with van der Waals surface area (Å²) in [5, 5.41) is 3.15. The third-order valence-electron chi connectivity index (χ3n) is 2.89. The lowest BCUT2D eigenvalue weighted by Crippen LogP contribution is -2.03. The van der Waals surface area contributed by atoms with Crippen molar-refractivity contribution in [2.75, 3.05) is 5.32 Å². The molecular weight excluding hydrogens is 321 g/mol. The molecule has 0 saturated carbocycles. The Bertz CT molecular complexity index is 761. The van der Waals surface area contributed by atoms with Gasteiger partial charge in [-0.1, -0.05) is 12.1 Å². The standard InChI is InChI=1S/C15H11BrFN3/c16-12-6-5-10(17)7-15(12)19-9-11-8-18-13-3-1-2-4-14(13)20-11/h1-8,19H,9H2. The maximum Gasteiger partial charge on any atom is 0.125 e. The molecule has 2 aromatic carbocycles. The number of benzene rings is 2. The summed E-state index contributed by atoms with van der Waals surface area (Å²) in [5.74, 6) is -0.278. The van der Waals surface area contributed by atoms with E-state index in [-0.39, 0.29) is 5.82 Å². The van der Waals surface area contributed by atoms with Gasteiger partial charge in [-0.25, -0.2) is 9.37 Å². The van der Waals surface area contributed by atoms with E-state index in [0.29, 0.717) is 12.2 Å². The molecule has 0 fully saturated rings. The highest BCUT2D eigenvalue weighted by molar-refractivity contribution is 9.10. The van der Waals surface area contributed by atoms with Crippen LogP contribution in [0.25, 0.3) is 11.0 Å². The lowest BCUT2D eigenvalue weighted by molar-refractivity contribution is 0.628. The number of hydrogen-bond donors (Lipinski definition) is 1. The largest absolute Gasteiger partial charge is 0.378 e. The first-order chi connectivity index (χ1) is 9.72. The van der Waals surface area contributed by atoms with Gasteiger partial charge >= 0.3 is 0 Å². The van der Waals surface area contributed by atoms with Crippen molar-refractivity contribution in [1.29, 1.82) is 0 Å². The van der Waals surface area contributed by atoms with Crippen LogP contribution in [0.4, 0.5) is 10.1 Å². The average Bonchev–Trinajstić information content (AvgIpc) is 2.48. The second-order valence-corrected chi connectivity index (χ2v) is 5.18. The van der Waals surface area contributed by atoms with Crippen LogP contribution in [-0.2, 0) is 6.54 Å². The van der Waals surface area contributed by atoms with E-state index in [9.17, 15) is 4.39 Å². The third-order valence-corrected chi connectivity index (χ3v) is 3.58. The van der Waals surface area contributed by atoms with Crippen LogP contribution in [0.3, 0.4) is 0 Å². The van der Waals surface area contributed by atoms with E-state index in [1.165, 1.54) is 12.1 Å². The maximum atomic E-state index is 13.2. The summed E-state index contributed by atoms with van der Waals surface area (Å²) in [4.78, 5) is 8.85.